The van der Waals surface area contributed by atoms with Gasteiger partial charge in [-0.05, 0) is 36.6 Å². The van der Waals surface area contributed by atoms with Crippen molar-refractivity contribution in [2.75, 3.05) is 30.8 Å². The molecular weight excluding hydrogens is 356 g/mol. The predicted molar refractivity (Wildman–Crippen MR) is 105 cm³/mol. The Hall–Kier alpha value is -3.04. The molecule has 2 aliphatic rings. The number of rotatable bonds is 5. The number of nitrogens with two attached hydrogens (primary N) is 2. The van der Waals surface area contributed by atoms with E-state index in [0.29, 0.717) is 29.5 Å². The fourth-order valence-corrected chi connectivity index (χ4v) is 3.86. The van der Waals surface area contributed by atoms with Crippen LogP contribution in [0, 0.1) is 11.8 Å². The van der Waals surface area contributed by atoms with Gasteiger partial charge in [-0.25, -0.2) is 9.97 Å². The van der Waals surface area contributed by atoms with Crippen molar-refractivity contribution < 1.29 is 4.42 Å². The van der Waals surface area contributed by atoms with Crippen LogP contribution in [0.4, 0.5) is 11.6 Å². The Morgan fingerprint density at radius 3 is 2.57 bits per heavy atom. The first-order valence-electron chi connectivity index (χ1n) is 9.35. The minimum atomic E-state index is 0.266. The molecule has 1 aliphatic carbocycles. The van der Waals surface area contributed by atoms with E-state index in [-0.39, 0.29) is 11.7 Å². The van der Waals surface area contributed by atoms with Gasteiger partial charge in [-0.15, -0.1) is 10.2 Å². The molecule has 1 saturated heterocycles. The summed E-state index contributed by atoms with van der Waals surface area (Å²) in [6.07, 6.45) is 1.69. The second kappa shape index (κ2) is 6.54. The molecular formula is C19H22N8O. The normalized spacial score (nSPS) is 23.1. The van der Waals surface area contributed by atoms with Gasteiger partial charge in [0.15, 0.2) is 11.5 Å². The summed E-state index contributed by atoms with van der Waals surface area (Å²) in [5.41, 5.74) is 14.5. The fourth-order valence-electron chi connectivity index (χ4n) is 3.86. The Labute approximate surface area is 162 Å². The number of piperidine rings is 1. The molecule has 1 saturated carbocycles. The Bertz CT molecular complexity index is 989. The van der Waals surface area contributed by atoms with Crippen LogP contribution in [-0.4, -0.2) is 46.3 Å². The highest BCUT2D eigenvalue weighted by Crippen LogP contribution is 2.45. The lowest BCUT2D eigenvalue weighted by Crippen LogP contribution is -2.29. The molecule has 2 fully saturated rings. The second-order valence-electron chi connectivity index (χ2n) is 7.41. The highest BCUT2D eigenvalue weighted by atomic mass is 16.4. The van der Waals surface area contributed by atoms with E-state index in [1.54, 1.807) is 6.20 Å². The summed E-state index contributed by atoms with van der Waals surface area (Å²) in [5.74, 6) is 2.84. The van der Waals surface area contributed by atoms with E-state index < -0.39 is 0 Å². The van der Waals surface area contributed by atoms with Crippen LogP contribution in [0.2, 0.25) is 0 Å². The monoisotopic (exact) mass is 378 g/mol. The van der Waals surface area contributed by atoms with Gasteiger partial charge >= 0.3 is 0 Å². The molecule has 0 spiro atoms. The van der Waals surface area contributed by atoms with Gasteiger partial charge in [-0.1, -0.05) is 12.1 Å². The summed E-state index contributed by atoms with van der Waals surface area (Å²) in [6, 6.07) is 8.28. The molecule has 2 unspecified atom stereocenters. The third kappa shape index (κ3) is 2.88. The van der Waals surface area contributed by atoms with Gasteiger partial charge in [-0.2, -0.15) is 0 Å². The van der Waals surface area contributed by atoms with Crippen LogP contribution in [0.1, 0.15) is 5.56 Å². The van der Waals surface area contributed by atoms with Gasteiger partial charge in [-0.3, -0.25) is 0 Å². The number of hydrogen-bond donors (Lipinski definition) is 3. The van der Waals surface area contributed by atoms with Gasteiger partial charge in [0.1, 0.15) is 5.82 Å². The van der Waals surface area contributed by atoms with Crippen molar-refractivity contribution in [3.8, 4) is 23.0 Å². The minimum absolute atomic E-state index is 0.266. The third-order valence-electron chi connectivity index (χ3n) is 5.58. The Morgan fingerprint density at radius 2 is 1.86 bits per heavy atom. The molecule has 0 amide bonds. The van der Waals surface area contributed by atoms with Gasteiger partial charge in [0, 0.05) is 31.2 Å². The number of benzene rings is 1. The predicted octanol–water partition coefficient (Wildman–Crippen LogP) is 0.889. The summed E-state index contributed by atoms with van der Waals surface area (Å²) >= 11 is 0. The quantitative estimate of drug-likeness (QED) is 0.592. The average Bonchev–Trinajstić information content (AvgIpc) is 3.14. The third-order valence-corrected chi connectivity index (χ3v) is 5.58. The maximum atomic E-state index is 6.03. The van der Waals surface area contributed by atoms with Crippen LogP contribution in [0.3, 0.4) is 0 Å². The summed E-state index contributed by atoms with van der Waals surface area (Å²) in [7, 11) is 1.91. The van der Waals surface area contributed by atoms with Crippen LogP contribution < -0.4 is 21.7 Å². The maximum absolute atomic E-state index is 6.03. The Balaban J connectivity index is 1.40. The van der Waals surface area contributed by atoms with E-state index in [1.807, 2.05) is 31.3 Å². The topological polar surface area (TPSA) is 132 Å². The van der Waals surface area contributed by atoms with Crippen molar-refractivity contribution in [2.45, 2.75) is 12.6 Å². The van der Waals surface area contributed by atoms with E-state index in [1.165, 1.54) is 5.56 Å². The van der Waals surface area contributed by atoms with Crippen LogP contribution in [0.25, 0.3) is 23.0 Å². The van der Waals surface area contributed by atoms with E-state index in [0.717, 1.165) is 31.0 Å². The summed E-state index contributed by atoms with van der Waals surface area (Å²) < 4.78 is 5.84. The number of fused-ring (bicyclic) bond motifs is 1. The SMILES string of the molecule is CNCc1ccc(-c2nnc(-c3nc(N4CC5C(N)C5C4)cnc3N)o2)cc1. The minimum Gasteiger partial charge on any atom is -0.414 e. The van der Waals surface area contributed by atoms with Crippen LogP contribution in [0.5, 0.6) is 0 Å². The highest BCUT2D eigenvalue weighted by Gasteiger charge is 2.53. The van der Waals surface area contributed by atoms with Crippen molar-refractivity contribution in [2.24, 2.45) is 17.6 Å². The van der Waals surface area contributed by atoms with Gasteiger partial charge in [0.2, 0.25) is 5.89 Å². The lowest BCUT2D eigenvalue weighted by molar-refractivity contribution is 0.582. The highest BCUT2D eigenvalue weighted by molar-refractivity contribution is 5.66. The Kier molecular flexibility index (Phi) is 3.99. The molecule has 5 rings (SSSR count). The van der Waals surface area contributed by atoms with Crippen molar-refractivity contribution in [1.82, 2.24) is 25.5 Å². The smallest absolute Gasteiger partial charge is 0.270 e. The molecule has 5 N–H and O–H groups in total. The first-order chi connectivity index (χ1) is 13.6. The molecule has 9 nitrogen and oxygen atoms in total. The lowest BCUT2D eigenvalue weighted by Gasteiger charge is -2.20. The van der Waals surface area contributed by atoms with Crippen LogP contribution in [-0.2, 0) is 6.54 Å². The summed E-state index contributed by atoms with van der Waals surface area (Å²) in [6.45, 7) is 2.60. The lowest BCUT2D eigenvalue weighted by atomic mass is 10.1. The number of nitrogens with zero attached hydrogens (tertiary/aromatic N) is 5. The summed E-state index contributed by atoms with van der Waals surface area (Å²) in [4.78, 5) is 11.1. The molecule has 0 radical (unpaired) electrons. The zero-order valence-electron chi connectivity index (χ0n) is 15.5. The van der Waals surface area contributed by atoms with Crippen molar-refractivity contribution >= 4 is 11.6 Å². The second-order valence-corrected chi connectivity index (χ2v) is 7.41. The first-order valence-corrected chi connectivity index (χ1v) is 9.35. The molecule has 9 heteroatoms. The number of hydrogen-bond acceptors (Lipinski definition) is 9. The van der Waals surface area contributed by atoms with Gasteiger partial charge in [0.05, 0.1) is 6.20 Å². The molecule has 3 aromatic rings. The molecule has 1 aliphatic heterocycles. The van der Waals surface area contributed by atoms with E-state index >= 15 is 0 Å². The van der Waals surface area contributed by atoms with E-state index in [2.05, 4.69) is 30.4 Å². The van der Waals surface area contributed by atoms with Crippen LogP contribution >= 0.6 is 0 Å². The van der Waals surface area contributed by atoms with Crippen molar-refractivity contribution in [3.05, 3.63) is 36.0 Å². The Morgan fingerprint density at radius 1 is 1.14 bits per heavy atom. The molecule has 2 atom stereocenters. The number of anilines is 2. The van der Waals surface area contributed by atoms with Crippen LogP contribution in [0.15, 0.2) is 34.9 Å². The zero-order valence-corrected chi connectivity index (χ0v) is 15.5. The summed E-state index contributed by atoms with van der Waals surface area (Å²) in [5, 5.41) is 11.4. The first kappa shape index (κ1) is 17.1. The largest absolute Gasteiger partial charge is 0.414 e. The van der Waals surface area contributed by atoms with Gasteiger partial charge in [0.25, 0.3) is 5.89 Å². The molecule has 3 heterocycles. The number of aromatic nitrogens is 4. The number of nitrogen functional groups attached to an aromatic ring is 1. The maximum Gasteiger partial charge on any atom is 0.270 e. The standard InChI is InChI=1S/C19H22N8O/c1-22-6-10-2-4-11(5-3-10)18-25-26-19(28-18)16-17(21)23-7-14(24-16)27-8-12-13(9-27)15(12)20/h2-5,7,12-13,15,22H,6,8-9,20H2,1H3,(H2,21,23). The number of nitrogens with one attached hydrogen (secondary N) is 1. The van der Waals surface area contributed by atoms with Crippen molar-refractivity contribution in [3.63, 3.8) is 0 Å². The molecule has 2 aromatic heterocycles. The molecule has 0 bridgehead atoms. The molecule has 28 heavy (non-hydrogen) atoms. The molecule has 144 valence electrons. The average molecular weight is 378 g/mol. The zero-order chi connectivity index (χ0) is 19.3. The van der Waals surface area contributed by atoms with Crippen molar-refractivity contribution in [1.29, 1.82) is 0 Å². The fraction of sp³-hybridized carbons (Fsp3) is 0.368. The van der Waals surface area contributed by atoms with Gasteiger partial charge < -0.3 is 26.1 Å². The van der Waals surface area contributed by atoms with E-state index in [9.17, 15) is 0 Å². The molecule has 1 aromatic carbocycles. The van der Waals surface area contributed by atoms with E-state index in [4.69, 9.17) is 15.9 Å².